The number of nitrogens with one attached hydrogen (secondary N) is 1. The molecule has 0 heterocycles. The van der Waals surface area contributed by atoms with Gasteiger partial charge >= 0.3 is 6.03 Å². The number of rotatable bonds is 4. The van der Waals surface area contributed by atoms with Crippen molar-refractivity contribution in [3.8, 4) is 0 Å². The molecule has 5 heteroatoms. The highest BCUT2D eigenvalue weighted by molar-refractivity contribution is 5.71. The number of nitrogens with two attached hydrogens (primary N) is 1. The highest BCUT2D eigenvalue weighted by atomic mass is 16.5. The molecule has 0 radical (unpaired) electrons. The highest BCUT2D eigenvalue weighted by Crippen LogP contribution is 1.90. The van der Waals surface area contributed by atoms with Gasteiger partial charge in [0.1, 0.15) is 6.54 Å². The number of quaternary nitrogens is 1. The Labute approximate surface area is 66.3 Å². The fourth-order valence-electron chi connectivity index (χ4n) is 0.678. The number of primary amides is 1. The van der Waals surface area contributed by atoms with Crippen LogP contribution in [0.15, 0.2) is 0 Å². The van der Waals surface area contributed by atoms with Crippen molar-refractivity contribution in [3.05, 3.63) is 0 Å². The third-order valence-electron chi connectivity index (χ3n) is 1.18. The minimum Gasteiger partial charge on any atom is -0.352 e. The Morgan fingerprint density at radius 2 is 2.18 bits per heavy atom. The summed E-state index contributed by atoms with van der Waals surface area (Å²) in [6.07, 6.45) is 0.715. The molecule has 2 amide bonds. The fourth-order valence-corrected chi connectivity index (χ4v) is 0.678. The summed E-state index contributed by atoms with van der Waals surface area (Å²) in [5.74, 6) is 0. The van der Waals surface area contributed by atoms with E-state index in [1.807, 2.05) is 0 Å². The van der Waals surface area contributed by atoms with Crippen molar-refractivity contribution in [2.45, 2.75) is 6.42 Å². The lowest BCUT2D eigenvalue weighted by molar-refractivity contribution is -1.07. The molecular formula is C6H16N3O2+. The standard InChI is InChI=1S/C6H15N3O2/c1-9(2,11)5-3-4-8-6(7)10/h11H,3-5H2,1-2H3,(H2-,7,8,10)/p+1. The van der Waals surface area contributed by atoms with Gasteiger partial charge in [0.05, 0.1) is 14.1 Å². The molecule has 5 nitrogen and oxygen atoms in total. The van der Waals surface area contributed by atoms with Gasteiger partial charge in [0.15, 0.2) is 0 Å². The third kappa shape index (κ3) is 9.19. The van der Waals surface area contributed by atoms with Gasteiger partial charge in [0.25, 0.3) is 0 Å². The summed E-state index contributed by atoms with van der Waals surface area (Å²) in [6, 6.07) is -0.520. The quantitative estimate of drug-likeness (QED) is 0.296. The lowest BCUT2D eigenvalue weighted by Gasteiger charge is -2.18. The number of carbonyl (C=O) groups excluding carboxylic acids is 1. The first kappa shape index (κ1) is 10.2. The molecule has 0 aromatic heterocycles. The van der Waals surface area contributed by atoms with Crippen molar-refractivity contribution >= 4 is 6.03 Å². The SMILES string of the molecule is C[N+](C)(O)CCCNC(N)=O. The van der Waals surface area contributed by atoms with Crippen molar-refractivity contribution in [3.63, 3.8) is 0 Å². The van der Waals surface area contributed by atoms with Crippen LogP contribution in [-0.2, 0) is 0 Å². The van der Waals surface area contributed by atoms with E-state index in [-0.39, 0.29) is 4.65 Å². The lowest BCUT2D eigenvalue weighted by Crippen LogP contribution is -2.39. The monoisotopic (exact) mass is 162 g/mol. The number of hydrogen-bond donors (Lipinski definition) is 3. The largest absolute Gasteiger partial charge is 0.352 e. The molecule has 0 rings (SSSR count). The first-order chi connectivity index (χ1) is 4.92. The smallest absolute Gasteiger partial charge is 0.312 e. The van der Waals surface area contributed by atoms with Gasteiger partial charge in [-0.3, -0.25) is 0 Å². The number of amides is 2. The zero-order valence-electron chi connectivity index (χ0n) is 7.00. The van der Waals surface area contributed by atoms with Gasteiger partial charge in [-0.15, -0.1) is 0 Å². The normalized spacial score (nSPS) is 11.2. The van der Waals surface area contributed by atoms with Gasteiger partial charge in [-0.1, -0.05) is 0 Å². The summed E-state index contributed by atoms with van der Waals surface area (Å²) in [5.41, 5.74) is 4.82. The van der Waals surface area contributed by atoms with E-state index >= 15 is 0 Å². The van der Waals surface area contributed by atoms with E-state index in [9.17, 15) is 10.0 Å². The van der Waals surface area contributed by atoms with Crippen LogP contribution in [0.3, 0.4) is 0 Å². The molecule has 11 heavy (non-hydrogen) atoms. The van der Waals surface area contributed by atoms with Crippen molar-refractivity contribution in [1.29, 1.82) is 0 Å². The average molecular weight is 162 g/mol. The van der Waals surface area contributed by atoms with Crippen LogP contribution >= 0.6 is 0 Å². The second-order valence-corrected chi connectivity index (χ2v) is 2.99. The highest BCUT2D eigenvalue weighted by Gasteiger charge is 2.08. The molecule has 66 valence electrons. The molecule has 0 saturated heterocycles. The predicted octanol–water partition coefficient (Wildman–Crippen LogP) is -0.490. The van der Waals surface area contributed by atoms with Crippen LogP contribution in [0.25, 0.3) is 0 Å². The van der Waals surface area contributed by atoms with E-state index in [1.54, 1.807) is 14.1 Å². The zero-order chi connectivity index (χ0) is 8.91. The maximum atomic E-state index is 10.2. The van der Waals surface area contributed by atoms with Crippen LogP contribution < -0.4 is 11.1 Å². The first-order valence-corrected chi connectivity index (χ1v) is 3.51. The van der Waals surface area contributed by atoms with E-state index < -0.39 is 6.03 Å². The predicted molar refractivity (Wildman–Crippen MR) is 41.0 cm³/mol. The average Bonchev–Trinajstić information content (AvgIpc) is 1.78. The molecule has 0 aliphatic rings. The Kier molecular flexibility index (Phi) is 3.84. The third-order valence-corrected chi connectivity index (χ3v) is 1.18. The Bertz CT molecular complexity index is 130. The van der Waals surface area contributed by atoms with Crippen molar-refractivity contribution in [2.24, 2.45) is 5.73 Å². The Hall–Kier alpha value is -0.810. The summed E-state index contributed by atoms with van der Waals surface area (Å²) in [4.78, 5) is 10.2. The summed E-state index contributed by atoms with van der Waals surface area (Å²) >= 11 is 0. The molecular weight excluding hydrogens is 146 g/mol. The van der Waals surface area contributed by atoms with Crippen LogP contribution in [0.5, 0.6) is 0 Å². The van der Waals surface area contributed by atoms with Crippen molar-refractivity contribution in [1.82, 2.24) is 5.32 Å². The molecule has 0 bridgehead atoms. The van der Waals surface area contributed by atoms with Gasteiger partial charge < -0.3 is 11.1 Å². The van der Waals surface area contributed by atoms with Crippen molar-refractivity contribution < 1.29 is 14.6 Å². The van der Waals surface area contributed by atoms with Gasteiger partial charge in [-0.25, -0.2) is 10.0 Å². The molecule has 0 unspecified atom stereocenters. The van der Waals surface area contributed by atoms with E-state index in [2.05, 4.69) is 5.32 Å². The van der Waals surface area contributed by atoms with Crippen LogP contribution in [0.1, 0.15) is 6.42 Å². The molecule has 0 spiro atoms. The van der Waals surface area contributed by atoms with Gasteiger partial charge in [-0.05, 0) is 0 Å². The van der Waals surface area contributed by atoms with E-state index in [4.69, 9.17) is 5.73 Å². The number of nitrogens with zero attached hydrogens (tertiary/aromatic N) is 1. The molecule has 4 N–H and O–H groups in total. The molecule has 0 aromatic rings. The summed E-state index contributed by atoms with van der Waals surface area (Å²) in [7, 11) is 3.34. The summed E-state index contributed by atoms with van der Waals surface area (Å²) in [6.45, 7) is 1.11. The van der Waals surface area contributed by atoms with Crippen LogP contribution in [0.2, 0.25) is 0 Å². The summed E-state index contributed by atoms with van der Waals surface area (Å²) in [5, 5.41) is 11.6. The summed E-state index contributed by atoms with van der Waals surface area (Å²) < 4.78 is -0.0829. The Morgan fingerprint density at radius 3 is 2.55 bits per heavy atom. The Balaban J connectivity index is 3.22. The van der Waals surface area contributed by atoms with Crippen molar-refractivity contribution in [2.75, 3.05) is 27.2 Å². The van der Waals surface area contributed by atoms with Gasteiger partial charge in [0, 0.05) is 13.0 Å². The second kappa shape index (κ2) is 4.15. The minimum atomic E-state index is -0.520. The number of hydroxylamine groups is 3. The minimum absolute atomic E-state index is 0.0829. The fraction of sp³-hybridized carbons (Fsp3) is 0.833. The van der Waals surface area contributed by atoms with Crippen LogP contribution in [-0.4, -0.2) is 43.1 Å². The zero-order valence-corrected chi connectivity index (χ0v) is 7.00. The molecule has 0 aromatic carbocycles. The molecule has 0 aliphatic heterocycles. The van der Waals surface area contributed by atoms with E-state index in [0.29, 0.717) is 19.5 Å². The Morgan fingerprint density at radius 1 is 1.64 bits per heavy atom. The van der Waals surface area contributed by atoms with Crippen LogP contribution in [0.4, 0.5) is 4.79 Å². The van der Waals surface area contributed by atoms with E-state index in [0.717, 1.165) is 0 Å². The van der Waals surface area contributed by atoms with Gasteiger partial charge in [0.2, 0.25) is 0 Å². The molecule has 0 aliphatic carbocycles. The molecule has 0 fully saturated rings. The number of hydrogen-bond acceptors (Lipinski definition) is 2. The first-order valence-electron chi connectivity index (χ1n) is 3.51. The van der Waals surface area contributed by atoms with E-state index in [1.165, 1.54) is 0 Å². The molecule has 0 atom stereocenters. The number of urea groups is 1. The maximum absolute atomic E-state index is 10.2. The topological polar surface area (TPSA) is 75.3 Å². The molecule has 0 saturated carbocycles. The lowest BCUT2D eigenvalue weighted by atomic mass is 10.4. The second-order valence-electron chi connectivity index (χ2n) is 2.99. The van der Waals surface area contributed by atoms with Gasteiger partial charge in [-0.2, -0.15) is 4.65 Å². The van der Waals surface area contributed by atoms with Crippen LogP contribution in [0, 0.1) is 0 Å². The maximum Gasteiger partial charge on any atom is 0.312 e. The number of carbonyl (C=O) groups is 1.